The van der Waals surface area contributed by atoms with Crippen molar-refractivity contribution in [1.82, 2.24) is 4.98 Å². The van der Waals surface area contributed by atoms with Crippen molar-refractivity contribution in [2.75, 3.05) is 5.43 Å². The fourth-order valence-corrected chi connectivity index (χ4v) is 1.94. The average molecular weight is 305 g/mol. The van der Waals surface area contributed by atoms with E-state index in [0.29, 0.717) is 11.1 Å². The lowest BCUT2D eigenvalue weighted by molar-refractivity contribution is -0.137. The van der Waals surface area contributed by atoms with Crippen LogP contribution in [0.15, 0.2) is 58.0 Å². The number of aromatic nitrogens is 1. The summed E-state index contributed by atoms with van der Waals surface area (Å²) in [5, 5.41) is 3.75. The van der Waals surface area contributed by atoms with Crippen molar-refractivity contribution in [3.63, 3.8) is 0 Å². The minimum Gasteiger partial charge on any atom is -0.422 e. The van der Waals surface area contributed by atoms with Crippen LogP contribution in [-0.2, 0) is 6.18 Å². The molecule has 3 aromatic rings. The Morgan fingerprint density at radius 3 is 2.55 bits per heavy atom. The second kappa shape index (κ2) is 5.51. The minimum absolute atomic E-state index is 0.0430. The van der Waals surface area contributed by atoms with Gasteiger partial charge in [0, 0.05) is 5.56 Å². The van der Waals surface area contributed by atoms with Gasteiger partial charge in [0.05, 0.1) is 11.8 Å². The SMILES string of the molecule is FC(F)(F)c1ccccc1C=NNc1nc2ccccc2o1. The van der Waals surface area contributed by atoms with Crippen molar-refractivity contribution in [2.45, 2.75) is 6.18 Å². The number of alkyl halides is 3. The maximum absolute atomic E-state index is 12.8. The van der Waals surface area contributed by atoms with Crippen LogP contribution in [-0.4, -0.2) is 11.2 Å². The lowest BCUT2D eigenvalue weighted by atomic mass is 10.1. The van der Waals surface area contributed by atoms with E-state index in [-0.39, 0.29) is 11.6 Å². The zero-order valence-corrected chi connectivity index (χ0v) is 11.1. The first-order valence-electron chi connectivity index (χ1n) is 6.35. The number of hydrogen-bond donors (Lipinski definition) is 1. The molecule has 1 heterocycles. The third-order valence-electron chi connectivity index (χ3n) is 2.92. The summed E-state index contributed by atoms with van der Waals surface area (Å²) in [4.78, 5) is 4.10. The molecule has 0 saturated carbocycles. The van der Waals surface area contributed by atoms with Crippen molar-refractivity contribution in [3.05, 3.63) is 59.7 Å². The third-order valence-corrected chi connectivity index (χ3v) is 2.92. The average Bonchev–Trinajstić information content (AvgIpc) is 2.89. The van der Waals surface area contributed by atoms with Gasteiger partial charge >= 0.3 is 12.2 Å². The van der Waals surface area contributed by atoms with Gasteiger partial charge in [0.15, 0.2) is 5.58 Å². The molecule has 22 heavy (non-hydrogen) atoms. The molecular formula is C15H10F3N3O. The quantitative estimate of drug-likeness (QED) is 0.580. The highest BCUT2D eigenvalue weighted by molar-refractivity contribution is 5.82. The Morgan fingerprint density at radius 2 is 1.77 bits per heavy atom. The molecule has 0 aliphatic rings. The first kappa shape index (κ1) is 14.1. The number of hydrogen-bond acceptors (Lipinski definition) is 4. The topological polar surface area (TPSA) is 50.4 Å². The number of nitrogens with zero attached hydrogens (tertiary/aromatic N) is 2. The zero-order valence-electron chi connectivity index (χ0n) is 11.1. The number of halogens is 3. The van der Waals surface area contributed by atoms with Crippen molar-refractivity contribution in [1.29, 1.82) is 0 Å². The smallest absolute Gasteiger partial charge is 0.417 e. The second-order valence-electron chi connectivity index (χ2n) is 4.44. The highest BCUT2D eigenvalue weighted by Gasteiger charge is 2.32. The number of oxazole rings is 1. The van der Waals surface area contributed by atoms with Gasteiger partial charge in [-0.15, -0.1) is 0 Å². The van der Waals surface area contributed by atoms with Crippen LogP contribution in [0.3, 0.4) is 0 Å². The summed E-state index contributed by atoms with van der Waals surface area (Å²) in [7, 11) is 0. The Kier molecular flexibility index (Phi) is 3.54. The van der Waals surface area contributed by atoms with E-state index in [2.05, 4.69) is 15.5 Å². The van der Waals surface area contributed by atoms with Crippen molar-refractivity contribution in [2.24, 2.45) is 5.10 Å². The van der Waals surface area contributed by atoms with Crippen LogP contribution in [0.5, 0.6) is 0 Å². The number of nitrogens with one attached hydrogen (secondary N) is 1. The Hall–Kier alpha value is -2.83. The van der Waals surface area contributed by atoms with Crippen LogP contribution in [0.4, 0.5) is 19.2 Å². The Labute approximate surface area is 123 Å². The molecule has 1 aromatic heterocycles. The summed E-state index contributed by atoms with van der Waals surface area (Å²) in [6, 6.07) is 12.4. The normalized spacial score (nSPS) is 12.1. The highest BCUT2D eigenvalue weighted by Crippen LogP contribution is 2.31. The van der Waals surface area contributed by atoms with E-state index in [1.165, 1.54) is 18.2 Å². The lowest BCUT2D eigenvalue weighted by Gasteiger charge is -2.08. The van der Waals surface area contributed by atoms with Crippen LogP contribution in [0, 0.1) is 0 Å². The Balaban J connectivity index is 1.80. The Morgan fingerprint density at radius 1 is 1.05 bits per heavy atom. The summed E-state index contributed by atoms with van der Waals surface area (Å²) < 4.78 is 43.8. The molecule has 0 bridgehead atoms. The molecule has 0 amide bonds. The van der Waals surface area contributed by atoms with E-state index in [0.717, 1.165) is 12.3 Å². The summed E-state index contributed by atoms with van der Waals surface area (Å²) in [5.41, 5.74) is 2.89. The maximum Gasteiger partial charge on any atom is 0.417 e. The summed E-state index contributed by atoms with van der Waals surface area (Å²) in [6.45, 7) is 0. The van der Waals surface area contributed by atoms with Gasteiger partial charge in [-0.2, -0.15) is 23.3 Å². The van der Waals surface area contributed by atoms with Crippen LogP contribution in [0.2, 0.25) is 0 Å². The number of rotatable bonds is 3. The van der Waals surface area contributed by atoms with Gasteiger partial charge in [0.2, 0.25) is 0 Å². The van der Waals surface area contributed by atoms with E-state index >= 15 is 0 Å². The summed E-state index contributed by atoms with van der Waals surface area (Å²) >= 11 is 0. The van der Waals surface area contributed by atoms with Gasteiger partial charge in [-0.25, -0.2) is 5.43 Å². The van der Waals surface area contributed by atoms with E-state index in [4.69, 9.17) is 4.42 Å². The number of anilines is 1. The molecule has 0 atom stereocenters. The van der Waals surface area contributed by atoms with Gasteiger partial charge < -0.3 is 4.42 Å². The number of benzene rings is 2. The summed E-state index contributed by atoms with van der Waals surface area (Å²) in [5.74, 6) is 0. The van der Waals surface area contributed by atoms with E-state index < -0.39 is 11.7 Å². The van der Waals surface area contributed by atoms with E-state index in [9.17, 15) is 13.2 Å². The monoisotopic (exact) mass is 305 g/mol. The molecule has 0 spiro atoms. The Bertz CT molecular complexity index is 791. The summed E-state index contributed by atoms with van der Waals surface area (Å²) in [6.07, 6.45) is -3.35. The number of hydrazone groups is 1. The molecule has 2 aromatic carbocycles. The van der Waals surface area contributed by atoms with Gasteiger partial charge in [-0.1, -0.05) is 30.3 Å². The highest BCUT2D eigenvalue weighted by atomic mass is 19.4. The number of para-hydroxylation sites is 2. The second-order valence-corrected chi connectivity index (χ2v) is 4.44. The van der Waals surface area contributed by atoms with Crippen LogP contribution in [0.1, 0.15) is 11.1 Å². The largest absolute Gasteiger partial charge is 0.422 e. The lowest BCUT2D eigenvalue weighted by Crippen LogP contribution is -2.08. The molecule has 3 rings (SSSR count). The molecule has 4 nitrogen and oxygen atoms in total. The van der Waals surface area contributed by atoms with Crippen LogP contribution >= 0.6 is 0 Å². The minimum atomic E-state index is -4.43. The first-order chi connectivity index (χ1) is 10.5. The van der Waals surface area contributed by atoms with Crippen molar-refractivity contribution in [3.8, 4) is 0 Å². The zero-order chi connectivity index (χ0) is 15.6. The molecular weight excluding hydrogens is 295 g/mol. The van der Waals surface area contributed by atoms with E-state index in [1.807, 2.05) is 0 Å². The molecule has 0 fully saturated rings. The maximum atomic E-state index is 12.8. The first-order valence-corrected chi connectivity index (χ1v) is 6.35. The fourth-order valence-electron chi connectivity index (χ4n) is 1.94. The van der Waals surface area contributed by atoms with Gasteiger partial charge in [0.25, 0.3) is 0 Å². The van der Waals surface area contributed by atoms with Crippen molar-refractivity contribution >= 4 is 23.3 Å². The standard InChI is InChI=1S/C15H10F3N3O/c16-15(17,18)11-6-2-1-5-10(11)9-19-21-14-20-12-7-3-4-8-13(12)22-14/h1-9H,(H,20,21). The van der Waals surface area contributed by atoms with Gasteiger partial charge in [-0.3, -0.25) is 0 Å². The molecule has 0 aliphatic heterocycles. The van der Waals surface area contributed by atoms with E-state index in [1.54, 1.807) is 24.3 Å². The molecule has 0 unspecified atom stereocenters. The fraction of sp³-hybridized carbons (Fsp3) is 0.0667. The third kappa shape index (κ3) is 2.93. The van der Waals surface area contributed by atoms with Crippen LogP contribution in [0.25, 0.3) is 11.1 Å². The molecule has 0 radical (unpaired) electrons. The van der Waals surface area contributed by atoms with Crippen LogP contribution < -0.4 is 5.43 Å². The predicted octanol–water partition coefficient (Wildman–Crippen LogP) is 4.29. The van der Waals surface area contributed by atoms with Crippen molar-refractivity contribution < 1.29 is 17.6 Å². The molecule has 0 aliphatic carbocycles. The molecule has 0 saturated heterocycles. The van der Waals surface area contributed by atoms with Gasteiger partial charge in [0.1, 0.15) is 5.52 Å². The van der Waals surface area contributed by atoms with Gasteiger partial charge in [-0.05, 0) is 18.2 Å². The number of fused-ring (bicyclic) bond motifs is 1. The molecule has 1 N–H and O–H groups in total. The molecule has 7 heteroatoms. The molecule has 112 valence electrons. The predicted molar refractivity (Wildman–Crippen MR) is 76.7 cm³/mol.